The number of nitrogens with one attached hydrogen (secondary N) is 1. The Balaban J connectivity index is 0.000000527. The summed E-state index contributed by atoms with van der Waals surface area (Å²) in [5.74, 6) is -3.65. The first-order valence-electron chi connectivity index (χ1n) is 8.75. The Bertz CT molecular complexity index is 755. The van der Waals surface area contributed by atoms with Crippen LogP contribution in [0.2, 0.25) is 0 Å². The molecule has 0 radical (unpaired) electrons. The van der Waals surface area contributed by atoms with Crippen LogP contribution in [0.3, 0.4) is 0 Å². The van der Waals surface area contributed by atoms with Crippen LogP contribution >= 0.6 is 0 Å². The highest BCUT2D eigenvalue weighted by molar-refractivity contribution is 6.27. The maximum absolute atomic E-state index is 10.3. The molecule has 2 aromatic rings. The van der Waals surface area contributed by atoms with Gasteiger partial charge in [-0.1, -0.05) is 25.1 Å². The second kappa shape index (κ2) is 10.7. The lowest BCUT2D eigenvalue weighted by molar-refractivity contribution is -0.159. The molecule has 150 valence electrons. The number of aromatic nitrogens is 1. The topological polar surface area (TPSA) is 132 Å². The summed E-state index contributed by atoms with van der Waals surface area (Å²) >= 11 is 0. The summed E-state index contributed by atoms with van der Waals surface area (Å²) in [6, 6.07) is 8.35. The molecule has 0 saturated carbocycles. The van der Waals surface area contributed by atoms with Crippen LogP contribution in [0.1, 0.15) is 24.6 Å². The van der Waals surface area contributed by atoms with Crippen molar-refractivity contribution in [3.8, 4) is 0 Å². The standard InChI is InChI=1S/C17H26N2O2.C2H2O4/c1-4-14(11-20)18-9-15(21)10-19-13(3)12(2)16-7-5-6-8-17(16)19;3-1(4)2(5)6/h5-8,14-15,18,20-21H,4,9-11H2,1-3H3;(H,3,4)(H,5,6)/t14-,15?;/m1./s1. The molecule has 0 aliphatic rings. The molecule has 8 nitrogen and oxygen atoms in total. The van der Waals surface area contributed by atoms with E-state index in [1.54, 1.807) is 0 Å². The first kappa shape index (κ1) is 22.6. The van der Waals surface area contributed by atoms with E-state index in [4.69, 9.17) is 24.9 Å². The fourth-order valence-corrected chi connectivity index (χ4v) is 2.76. The number of carboxylic acids is 2. The number of aliphatic hydroxyl groups is 2. The number of rotatable bonds is 7. The normalized spacial score (nSPS) is 12.9. The van der Waals surface area contributed by atoms with Gasteiger partial charge in [0.15, 0.2) is 0 Å². The SMILES string of the molecule is CC[C@H](CO)NCC(O)Cn1c(C)c(C)c2ccccc21.O=C(O)C(=O)O. The van der Waals surface area contributed by atoms with Crippen molar-refractivity contribution in [2.24, 2.45) is 0 Å². The first-order chi connectivity index (χ1) is 12.7. The summed E-state index contributed by atoms with van der Waals surface area (Å²) in [5.41, 5.74) is 3.64. The molecule has 1 heterocycles. The number of hydrogen-bond donors (Lipinski definition) is 5. The minimum absolute atomic E-state index is 0.0592. The monoisotopic (exact) mass is 380 g/mol. The maximum atomic E-state index is 10.3. The van der Waals surface area contributed by atoms with Crippen molar-refractivity contribution in [3.05, 3.63) is 35.5 Å². The van der Waals surface area contributed by atoms with Crippen LogP contribution in [0.25, 0.3) is 10.9 Å². The minimum atomic E-state index is -1.82. The molecule has 0 aliphatic heterocycles. The third-order valence-electron chi connectivity index (χ3n) is 4.48. The zero-order valence-electron chi connectivity index (χ0n) is 15.8. The molecule has 0 spiro atoms. The van der Waals surface area contributed by atoms with E-state index < -0.39 is 18.0 Å². The molecule has 0 bridgehead atoms. The molecule has 8 heteroatoms. The highest BCUT2D eigenvalue weighted by Crippen LogP contribution is 2.25. The number of aliphatic hydroxyl groups excluding tert-OH is 2. The number of carboxylic acid groups (broad SMARTS) is 2. The summed E-state index contributed by atoms with van der Waals surface area (Å²) in [5, 5.41) is 38.7. The molecule has 1 aromatic heterocycles. The average Bonchev–Trinajstić information content (AvgIpc) is 2.88. The Morgan fingerprint density at radius 1 is 1.15 bits per heavy atom. The van der Waals surface area contributed by atoms with Gasteiger partial charge in [0.1, 0.15) is 0 Å². The van der Waals surface area contributed by atoms with Crippen LogP contribution in [0.4, 0.5) is 0 Å². The lowest BCUT2D eigenvalue weighted by Gasteiger charge is -2.19. The molecule has 0 amide bonds. The number of carbonyl (C=O) groups is 2. The largest absolute Gasteiger partial charge is 0.473 e. The van der Waals surface area contributed by atoms with Crippen LogP contribution in [0, 0.1) is 13.8 Å². The number of benzene rings is 1. The molecule has 1 unspecified atom stereocenters. The predicted molar refractivity (Wildman–Crippen MR) is 102 cm³/mol. The van der Waals surface area contributed by atoms with E-state index in [1.165, 1.54) is 22.2 Å². The van der Waals surface area contributed by atoms with Gasteiger partial charge < -0.3 is 30.3 Å². The molecular formula is C19H28N2O6. The van der Waals surface area contributed by atoms with Crippen molar-refractivity contribution in [1.82, 2.24) is 9.88 Å². The van der Waals surface area contributed by atoms with Gasteiger partial charge in [0.05, 0.1) is 19.3 Å². The van der Waals surface area contributed by atoms with E-state index in [0.717, 1.165) is 6.42 Å². The highest BCUT2D eigenvalue weighted by Gasteiger charge is 2.14. The van der Waals surface area contributed by atoms with Gasteiger partial charge in [0, 0.05) is 29.2 Å². The average molecular weight is 380 g/mol. The Kier molecular flexibility index (Phi) is 8.93. The van der Waals surface area contributed by atoms with Crippen LogP contribution in [-0.2, 0) is 16.1 Å². The van der Waals surface area contributed by atoms with E-state index in [2.05, 4.69) is 35.9 Å². The molecule has 0 fully saturated rings. The molecule has 1 aromatic carbocycles. The molecule has 0 aliphatic carbocycles. The van der Waals surface area contributed by atoms with Crippen LogP contribution in [0.15, 0.2) is 24.3 Å². The third-order valence-corrected chi connectivity index (χ3v) is 4.48. The fourth-order valence-electron chi connectivity index (χ4n) is 2.76. The second-order valence-electron chi connectivity index (χ2n) is 6.30. The summed E-state index contributed by atoms with van der Waals surface area (Å²) in [7, 11) is 0. The van der Waals surface area contributed by atoms with E-state index >= 15 is 0 Å². The minimum Gasteiger partial charge on any atom is -0.473 e. The van der Waals surface area contributed by atoms with E-state index in [-0.39, 0.29) is 12.6 Å². The molecule has 5 N–H and O–H groups in total. The smallest absolute Gasteiger partial charge is 0.414 e. The van der Waals surface area contributed by atoms with Crippen molar-refractivity contribution < 1.29 is 30.0 Å². The lowest BCUT2D eigenvalue weighted by atomic mass is 10.2. The Morgan fingerprint density at radius 3 is 2.26 bits per heavy atom. The van der Waals surface area contributed by atoms with Gasteiger partial charge in [0.2, 0.25) is 0 Å². The summed E-state index contributed by atoms with van der Waals surface area (Å²) < 4.78 is 2.18. The maximum Gasteiger partial charge on any atom is 0.414 e. The third kappa shape index (κ3) is 6.35. The van der Waals surface area contributed by atoms with Gasteiger partial charge in [-0.15, -0.1) is 0 Å². The van der Waals surface area contributed by atoms with Gasteiger partial charge in [-0.05, 0) is 31.9 Å². The van der Waals surface area contributed by atoms with Crippen molar-refractivity contribution in [2.75, 3.05) is 13.2 Å². The molecule has 0 saturated heterocycles. The quantitative estimate of drug-likeness (QED) is 0.455. The fraction of sp³-hybridized carbons (Fsp3) is 0.474. The van der Waals surface area contributed by atoms with Crippen molar-refractivity contribution in [1.29, 1.82) is 0 Å². The number of para-hydroxylation sites is 1. The van der Waals surface area contributed by atoms with Crippen LogP contribution < -0.4 is 5.32 Å². The molecule has 2 rings (SSSR count). The molecular weight excluding hydrogens is 352 g/mol. The van der Waals surface area contributed by atoms with Crippen LogP contribution in [-0.4, -0.2) is 62.2 Å². The summed E-state index contributed by atoms with van der Waals surface area (Å²) in [6.45, 7) is 7.40. The van der Waals surface area contributed by atoms with Gasteiger partial charge in [-0.2, -0.15) is 0 Å². The van der Waals surface area contributed by atoms with Gasteiger partial charge in [-0.25, -0.2) is 9.59 Å². The Labute approximate surface area is 158 Å². The first-order valence-corrected chi connectivity index (χ1v) is 8.75. The summed E-state index contributed by atoms with van der Waals surface area (Å²) in [6.07, 6.45) is 0.382. The number of aliphatic carboxylic acids is 2. The Morgan fingerprint density at radius 2 is 1.74 bits per heavy atom. The number of fused-ring (bicyclic) bond motifs is 1. The van der Waals surface area contributed by atoms with Crippen molar-refractivity contribution in [2.45, 2.75) is 45.9 Å². The number of aryl methyl sites for hydroxylation is 1. The van der Waals surface area contributed by atoms with E-state index in [1.807, 2.05) is 19.1 Å². The lowest BCUT2D eigenvalue weighted by Crippen LogP contribution is -2.39. The van der Waals surface area contributed by atoms with Crippen LogP contribution in [0.5, 0.6) is 0 Å². The van der Waals surface area contributed by atoms with Gasteiger partial charge >= 0.3 is 11.9 Å². The zero-order chi connectivity index (χ0) is 20.6. The van der Waals surface area contributed by atoms with Gasteiger partial charge in [0.25, 0.3) is 0 Å². The number of hydrogen-bond acceptors (Lipinski definition) is 5. The second-order valence-corrected chi connectivity index (χ2v) is 6.30. The van der Waals surface area contributed by atoms with Crippen molar-refractivity contribution in [3.63, 3.8) is 0 Å². The summed E-state index contributed by atoms with van der Waals surface area (Å²) in [4.78, 5) is 18.2. The number of nitrogens with zero attached hydrogens (tertiary/aromatic N) is 1. The van der Waals surface area contributed by atoms with E-state index in [0.29, 0.717) is 13.1 Å². The van der Waals surface area contributed by atoms with Gasteiger partial charge in [-0.3, -0.25) is 0 Å². The predicted octanol–water partition coefficient (Wildman–Crippen LogP) is 1.14. The molecule has 27 heavy (non-hydrogen) atoms. The molecule has 2 atom stereocenters. The Hall–Kier alpha value is -2.42. The highest BCUT2D eigenvalue weighted by atomic mass is 16.4. The van der Waals surface area contributed by atoms with E-state index in [9.17, 15) is 5.11 Å². The zero-order valence-corrected chi connectivity index (χ0v) is 15.8. The van der Waals surface area contributed by atoms with Crippen molar-refractivity contribution >= 4 is 22.8 Å².